The molecule has 98 valence electrons. The lowest BCUT2D eigenvalue weighted by atomic mass is 10.1. The van der Waals surface area contributed by atoms with Crippen LogP contribution in [0.5, 0.6) is 0 Å². The van der Waals surface area contributed by atoms with Gasteiger partial charge in [-0.2, -0.15) is 0 Å². The zero-order valence-electron chi connectivity index (χ0n) is 10.9. The Morgan fingerprint density at radius 2 is 1.89 bits per heavy atom. The Morgan fingerprint density at radius 3 is 2.58 bits per heavy atom. The first kappa shape index (κ1) is 12.0. The summed E-state index contributed by atoms with van der Waals surface area (Å²) < 4.78 is 5.58. The number of hydrogen-bond acceptors (Lipinski definition) is 3. The lowest BCUT2D eigenvalue weighted by Crippen LogP contribution is -2.27. The van der Waals surface area contributed by atoms with E-state index in [2.05, 4.69) is 4.98 Å². The molecule has 0 N–H and O–H groups in total. The molecule has 0 radical (unpaired) electrons. The van der Waals surface area contributed by atoms with Gasteiger partial charge in [0.2, 0.25) is 0 Å². The van der Waals surface area contributed by atoms with Crippen LogP contribution in [0, 0.1) is 6.92 Å². The Kier molecular flexibility index (Phi) is 3.07. The topological polar surface area (TPSA) is 46.3 Å². The third kappa shape index (κ3) is 2.38. The number of oxazole rings is 1. The first-order valence-corrected chi connectivity index (χ1v) is 6.56. The molecule has 1 fully saturated rings. The maximum absolute atomic E-state index is 12.1. The minimum absolute atomic E-state index is 0.101. The SMILES string of the molecule is Cc1ccc(-c2cnc(C(=O)N3CCCC3)o2)cc1. The summed E-state index contributed by atoms with van der Waals surface area (Å²) in [5, 5.41) is 0. The van der Waals surface area contributed by atoms with Gasteiger partial charge in [0.15, 0.2) is 5.76 Å². The first-order valence-electron chi connectivity index (χ1n) is 6.56. The molecule has 1 saturated heterocycles. The number of aromatic nitrogens is 1. The summed E-state index contributed by atoms with van der Waals surface area (Å²) in [5.74, 6) is 0.732. The summed E-state index contributed by atoms with van der Waals surface area (Å²) >= 11 is 0. The molecule has 0 saturated carbocycles. The van der Waals surface area contributed by atoms with E-state index >= 15 is 0 Å². The normalized spacial score (nSPS) is 14.9. The van der Waals surface area contributed by atoms with Crippen molar-refractivity contribution in [2.75, 3.05) is 13.1 Å². The van der Waals surface area contributed by atoms with Crippen molar-refractivity contribution in [2.24, 2.45) is 0 Å². The van der Waals surface area contributed by atoms with Crippen molar-refractivity contribution in [3.05, 3.63) is 41.9 Å². The van der Waals surface area contributed by atoms with Crippen LogP contribution in [0.2, 0.25) is 0 Å². The van der Waals surface area contributed by atoms with Crippen molar-refractivity contribution in [1.29, 1.82) is 0 Å². The number of nitrogens with zero attached hydrogens (tertiary/aromatic N) is 2. The molecule has 0 atom stereocenters. The van der Waals surface area contributed by atoms with Gasteiger partial charge in [0.25, 0.3) is 5.89 Å². The van der Waals surface area contributed by atoms with Gasteiger partial charge in [-0.3, -0.25) is 4.79 Å². The van der Waals surface area contributed by atoms with Gasteiger partial charge < -0.3 is 9.32 Å². The molecule has 3 rings (SSSR count). The molecule has 1 amide bonds. The van der Waals surface area contributed by atoms with E-state index in [-0.39, 0.29) is 11.8 Å². The van der Waals surface area contributed by atoms with Crippen molar-refractivity contribution in [2.45, 2.75) is 19.8 Å². The summed E-state index contributed by atoms with van der Waals surface area (Å²) in [6, 6.07) is 7.97. The maximum Gasteiger partial charge on any atom is 0.309 e. The summed E-state index contributed by atoms with van der Waals surface area (Å²) in [6.45, 7) is 3.65. The highest BCUT2D eigenvalue weighted by Gasteiger charge is 2.23. The average Bonchev–Trinajstić information content (AvgIpc) is 3.10. The Bertz CT molecular complexity index is 580. The third-order valence-corrected chi connectivity index (χ3v) is 3.42. The third-order valence-electron chi connectivity index (χ3n) is 3.42. The fourth-order valence-electron chi connectivity index (χ4n) is 2.28. The number of benzene rings is 1. The van der Waals surface area contributed by atoms with Crippen LogP contribution in [0.4, 0.5) is 0 Å². The van der Waals surface area contributed by atoms with Gasteiger partial charge in [0, 0.05) is 18.7 Å². The summed E-state index contributed by atoms with van der Waals surface area (Å²) in [5.41, 5.74) is 2.13. The van der Waals surface area contributed by atoms with Crippen LogP contribution >= 0.6 is 0 Å². The van der Waals surface area contributed by atoms with E-state index < -0.39 is 0 Å². The second-order valence-corrected chi connectivity index (χ2v) is 4.89. The smallest absolute Gasteiger partial charge is 0.309 e. The minimum Gasteiger partial charge on any atom is -0.432 e. The molecule has 4 nitrogen and oxygen atoms in total. The van der Waals surface area contributed by atoms with Crippen LogP contribution in [-0.2, 0) is 0 Å². The Hall–Kier alpha value is -2.10. The predicted octanol–water partition coefficient (Wildman–Crippen LogP) is 2.89. The summed E-state index contributed by atoms with van der Waals surface area (Å²) in [7, 11) is 0. The highest BCUT2D eigenvalue weighted by Crippen LogP contribution is 2.22. The van der Waals surface area contributed by atoms with E-state index in [9.17, 15) is 4.79 Å². The molecule has 4 heteroatoms. The second-order valence-electron chi connectivity index (χ2n) is 4.89. The van der Waals surface area contributed by atoms with E-state index in [4.69, 9.17) is 4.42 Å². The van der Waals surface area contributed by atoms with Gasteiger partial charge in [-0.25, -0.2) is 4.98 Å². The lowest BCUT2D eigenvalue weighted by Gasteiger charge is -2.11. The molecule has 1 aromatic carbocycles. The molecule has 19 heavy (non-hydrogen) atoms. The molecule has 0 bridgehead atoms. The highest BCUT2D eigenvalue weighted by molar-refractivity contribution is 5.90. The van der Waals surface area contributed by atoms with Crippen molar-refractivity contribution in [3.8, 4) is 11.3 Å². The van der Waals surface area contributed by atoms with E-state index in [1.807, 2.05) is 31.2 Å². The van der Waals surface area contributed by atoms with Crippen LogP contribution in [0.15, 0.2) is 34.9 Å². The maximum atomic E-state index is 12.1. The van der Waals surface area contributed by atoms with Crippen molar-refractivity contribution < 1.29 is 9.21 Å². The van der Waals surface area contributed by atoms with Gasteiger partial charge in [-0.1, -0.05) is 29.8 Å². The van der Waals surface area contributed by atoms with Gasteiger partial charge in [0.1, 0.15) is 0 Å². The van der Waals surface area contributed by atoms with E-state index in [1.54, 1.807) is 11.1 Å². The number of hydrogen-bond donors (Lipinski definition) is 0. The standard InChI is InChI=1S/C15H16N2O2/c1-11-4-6-12(7-5-11)13-10-16-14(19-13)15(18)17-8-2-3-9-17/h4-7,10H,2-3,8-9H2,1H3. The average molecular weight is 256 g/mol. The number of rotatable bonds is 2. The molecule has 0 unspecified atom stereocenters. The van der Waals surface area contributed by atoms with Crippen LogP contribution in [0.1, 0.15) is 29.1 Å². The zero-order chi connectivity index (χ0) is 13.2. The molecule has 2 heterocycles. The largest absolute Gasteiger partial charge is 0.432 e. The van der Waals surface area contributed by atoms with Gasteiger partial charge in [-0.05, 0) is 19.8 Å². The monoisotopic (exact) mass is 256 g/mol. The number of likely N-dealkylation sites (tertiary alicyclic amines) is 1. The molecule has 1 aliphatic rings. The molecule has 2 aromatic rings. The number of aryl methyl sites for hydroxylation is 1. The van der Waals surface area contributed by atoms with Crippen LogP contribution in [0.25, 0.3) is 11.3 Å². The molecular formula is C15H16N2O2. The summed E-state index contributed by atoms with van der Waals surface area (Å²) in [4.78, 5) is 18.0. The van der Waals surface area contributed by atoms with E-state index in [0.717, 1.165) is 31.5 Å². The highest BCUT2D eigenvalue weighted by atomic mass is 16.4. The Morgan fingerprint density at radius 1 is 1.21 bits per heavy atom. The van der Waals surface area contributed by atoms with E-state index in [0.29, 0.717) is 5.76 Å². The second kappa shape index (κ2) is 4.88. The first-order chi connectivity index (χ1) is 9.24. The molecular weight excluding hydrogens is 240 g/mol. The van der Waals surface area contributed by atoms with Gasteiger partial charge in [-0.15, -0.1) is 0 Å². The van der Waals surface area contributed by atoms with Crippen molar-refractivity contribution in [3.63, 3.8) is 0 Å². The number of carbonyl (C=O) groups excluding carboxylic acids is 1. The van der Waals surface area contributed by atoms with Crippen molar-refractivity contribution >= 4 is 5.91 Å². The Labute approximate surface area is 112 Å². The fraction of sp³-hybridized carbons (Fsp3) is 0.333. The quantitative estimate of drug-likeness (QED) is 0.830. The van der Waals surface area contributed by atoms with Gasteiger partial charge in [0.05, 0.1) is 6.20 Å². The van der Waals surface area contributed by atoms with Crippen molar-refractivity contribution in [1.82, 2.24) is 9.88 Å². The van der Waals surface area contributed by atoms with Crippen LogP contribution < -0.4 is 0 Å². The lowest BCUT2D eigenvalue weighted by molar-refractivity contribution is 0.0754. The van der Waals surface area contributed by atoms with Crippen LogP contribution in [-0.4, -0.2) is 28.9 Å². The fourth-order valence-corrected chi connectivity index (χ4v) is 2.28. The van der Waals surface area contributed by atoms with Gasteiger partial charge >= 0.3 is 5.91 Å². The minimum atomic E-state index is -0.101. The van der Waals surface area contributed by atoms with E-state index in [1.165, 1.54) is 5.56 Å². The molecule has 0 aliphatic carbocycles. The molecule has 0 spiro atoms. The predicted molar refractivity (Wildman–Crippen MR) is 71.8 cm³/mol. The summed E-state index contributed by atoms with van der Waals surface area (Å²) in [6.07, 6.45) is 3.75. The Balaban J connectivity index is 1.82. The molecule has 1 aliphatic heterocycles. The number of carbonyl (C=O) groups is 1. The zero-order valence-corrected chi connectivity index (χ0v) is 10.9. The molecule has 1 aromatic heterocycles. The van der Waals surface area contributed by atoms with Crippen LogP contribution in [0.3, 0.4) is 0 Å². The number of amides is 1.